The van der Waals surface area contributed by atoms with Crippen LogP contribution in [0.1, 0.15) is 17.2 Å². The topological polar surface area (TPSA) is 59.1 Å². The fraction of sp³-hybridized carbons (Fsp3) is 0.0833. The molecule has 0 aliphatic heterocycles. The number of halogens is 1. The van der Waals surface area contributed by atoms with Crippen molar-refractivity contribution in [2.75, 3.05) is 5.73 Å². The molecule has 0 spiro atoms. The lowest BCUT2D eigenvalue weighted by Crippen LogP contribution is -2.04. The fourth-order valence-electron chi connectivity index (χ4n) is 1.51. The van der Waals surface area contributed by atoms with Crippen molar-refractivity contribution in [3.8, 4) is 0 Å². The van der Waals surface area contributed by atoms with Crippen molar-refractivity contribution in [1.29, 1.82) is 0 Å². The van der Waals surface area contributed by atoms with Crippen LogP contribution in [0.3, 0.4) is 0 Å². The number of aliphatic hydroxyl groups is 1. The molecule has 16 heavy (non-hydrogen) atoms. The molecule has 3 nitrogen and oxygen atoms in total. The molecule has 0 aliphatic rings. The van der Waals surface area contributed by atoms with E-state index >= 15 is 0 Å². The number of pyridine rings is 1. The zero-order chi connectivity index (χ0) is 11.5. The summed E-state index contributed by atoms with van der Waals surface area (Å²) in [5, 5.41) is 10.2. The van der Waals surface area contributed by atoms with Gasteiger partial charge in [-0.3, -0.25) is 4.98 Å². The Morgan fingerprint density at radius 3 is 2.62 bits per heavy atom. The van der Waals surface area contributed by atoms with Crippen LogP contribution < -0.4 is 5.73 Å². The van der Waals surface area contributed by atoms with Gasteiger partial charge < -0.3 is 10.8 Å². The number of hydrogen-bond acceptors (Lipinski definition) is 3. The Kier molecular flexibility index (Phi) is 3.22. The van der Waals surface area contributed by atoms with Crippen molar-refractivity contribution in [1.82, 2.24) is 4.98 Å². The number of nitrogens with zero attached hydrogens (tertiary/aromatic N) is 1. The average molecular weight is 279 g/mol. The molecule has 3 N–H and O–H groups in total. The first-order valence-electron chi connectivity index (χ1n) is 4.82. The summed E-state index contributed by atoms with van der Waals surface area (Å²) >= 11 is 3.40. The van der Waals surface area contributed by atoms with Crippen molar-refractivity contribution in [3.63, 3.8) is 0 Å². The van der Waals surface area contributed by atoms with E-state index in [1.54, 1.807) is 18.5 Å². The molecule has 1 aromatic carbocycles. The molecule has 2 aromatic rings. The van der Waals surface area contributed by atoms with Crippen LogP contribution in [-0.2, 0) is 0 Å². The van der Waals surface area contributed by atoms with E-state index in [4.69, 9.17) is 5.73 Å². The molecule has 82 valence electrons. The minimum absolute atomic E-state index is 0.540. The third-order valence-electron chi connectivity index (χ3n) is 2.38. The van der Waals surface area contributed by atoms with Crippen molar-refractivity contribution in [2.24, 2.45) is 0 Å². The van der Waals surface area contributed by atoms with Crippen LogP contribution in [0.5, 0.6) is 0 Å². The van der Waals surface area contributed by atoms with E-state index < -0.39 is 6.10 Å². The Morgan fingerprint density at radius 2 is 1.94 bits per heavy atom. The lowest BCUT2D eigenvalue weighted by molar-refractivity contribution is 0.220. The average Bonchev–Trinajstić information content (AvgIpc) is 2.29. The minimum Gasteiger partial charge on any atom is -0.398 e. The third-order valence-corrected chi connectivity index (χ3v) is 3.10. The van der Waals surface area contributed by atoms with Crippen LogP contribution in [0.2, 0.25) is 0 Å². The summed E-state index contributed by atoms with van der Waals surface area (Å²) in [4.78, 5) is 3.97. The van der Waals surface area contributed by atoms with Gasteiger partial charge >= 0.3 is 0 Å². The van der Waals surface area contributed by atoms with Gasteiger partial charge in [0.25, 0.3) is 0 Å². The quantitative estimate of drug-likeness (QED) is 0.888. The first-order valence-corrected chi connectivity index (χ1v) is 5.61. The summed E-state index contributed by atoms with van der Waals surface area (Å²) in [7, 11) is 0. The largest absolute Gasteiger partial charge is 0.398 e. The predicted octanol–water partition coefficient (Wildman–Crippen LogP) is 2.51. The number of benzene rings is 1. The number of hydrogen-bond donors (Lipinski definition) is 2. The monoisotopic (exact) mass is 278 g/mol. The number of nitrogen functional groups attached to an aromatic ring is 1. The molecular formula is C12H11BrN2O. The predicted molar refractivity (Wildman–Crippen MR) is 66.9 cm³/mol. The Hall–Kier alpha value is -1.39. The summed E-state index contributed by atoms with van der Waals surface area (Å²) < 4.78 is 0.853. The number of rotatable bonds is 2. The van der Waals surface area contributed by atoms with E-state index in [0.29, 0.717) is 11.3 Å². The zero-order valence-electron chi connectivity index (χ0n) is 8.47. The number of aromatic nitrogens is 1. The normalized spacial score (nSPS) is 12.4. The molecule has 0 fully saturated rings. The summed E-state index contributed by atoms with van der Waals surface area (Å²) in [6.07, 6.45) is 2.43. The van der Waals surface area contributed by atoms with Crippen LogP contribution in [0.4, 0.5) is 5.69 Å². The van der Waals surface area contributed by atoms with Gasteiger partial charge in [0.05, 0.1) is 0 Å². The highest BCUT2D eigenvalue weighted by Gasteiger charge is 2.15. The van der Waals surface area contributed by atoms with Crippen LogP contribution in [0.15, 0.2) is 47.2 Å². The molecule has 2 rings (SSSR count). The molecule has 0 amide bonds. The molecule has 0 aliphatic carbocycles. The first-order chi connectivity index (χ1) is 7.70. The standard InChI is InChI=1S/C12H11BrN2O/c13-10-4-2-1-3-8(10)12(16)9-7-15-6-5-11(9)14/h1-7,12,16H,(H2,14,15). The highest BCUT2D eigenvalue weighted by atomic mass is 79.9. The summed E-state index contributed by atoms with van der Waals surface area (Å²) in [6, 6.07) is 9.17. The zero-order valence-corrected chi connectivity index (χ0v) is 10.1. The van der Waals surface area contributed by atoms with Crippen LogP contribution in [-0.4, -0.2) is 10.1 Å². The van der Waals surface area contributed by atoms with Crippen molar-refractivity contribution in [3.05, 3.63) is 58.3 Å². The van der Waals surface area contributed by atoms with Gasteiger partial charge in [0, 0.05) is 28.1 Å². The van der Waals surface area contributed by atoms with Gasteiger partial charge in [-0.25, -0.2) is 0 Å². The van der Waals surface area contributed by atoms with Crippen LogP contribution >= 0.6 is 15.9 Å². The maximum atomic E-state index is 10.2. The molecule has 0 radical (unpaired) electrons. The van der Waals surface area contributed by atoms with Gasteiger partial charge in [-0.05, 0) is 17.7 Å². The Balaban J connectivity index is 2.44. The second kappa shape index (κ2) is 4.63. The first kappa shape index (κ1) is 11.1. The van der Waals surface area contributed by atoms with E-state index in [9.17, 15) is 5.11 Å². The Labute approximate surface area is 102 Å². The van der Waals surface area contributed by atoms with Crippen LogP contribution in [0, 0.1) is 0 Å². The lowest BCUT2D eigenvalue weighted by atomic mass is 10.0. The van der Waals surface area contributed by atoms with Gasteiger partial charge in [-0.1, -0.05) is 34.1 Å². The summed E-state index contributed by atoms with van der Waals surface area (Å²) in [5.74, 6) is 0. The van der Waals surface area contributed by atoms with E-state index in [-0.39, 0.29) is 0 Å². The van der Waals surface area contributed by atoms with E-state index in [1.165, 1.54) is 0 Å². The van der Waals surface area contributed by atoms with Gasteiger partial charge in [0.2, 0.25) is 0 Å². The van der Waals surface area contributed by atoms with E-state index in [2.05, 4.69) is 20.9 Å². The van der Waals surface area contributed by atoms with Crippen molar-refractivity contribution >= 4 is 21.6 Å². The van der Waals surface area contributed by atoms with E-state index in [0.717, 1.165) is 10.0 Å². The maximum absolute atomic E-state index is 10.2. The maximum Gasteiger partial charge on any atom is 0.109 e. The molecule has 1 unspecified atom stereocenters. The molecule has 1 atom stereocenters. The number of anilines is 1. The van der Waals surface area contributed by atoms with Crippen molar-refractivity contribution in [2.45, 2.75) is 6.10 Å². The molecule has 0 saturated carbocycles. The van der Waals surface area contributed by atoms with E-state index in [1.807, 2.05) is 24.3 Å². The van der Waals surface area contributed by atoms with Crippen molar-refractivity contribution < 1.29 is 5.11 Å². The van der Waals surface area contributed by atoms with Gasteiger partial charge in [-0.2, -0.15) is 0 Å². The second-order valence-corrected chi connectivity index (χ2v) is 4.28. The molecule has 0 saturated heterocycles. The second-order valence-electron chi connectivity index (χ2n) is 3.43. The highest BCUT2D eigenvalue weighted by Crippen LogP contribution is 2.30. The summed E-state index contributed by atoms with van der Waals surface area (Å²) in [6.45, 7) is 0. The summed E-state index contributed by atoms with van der Waals surface area (Å²) in [5.41, 5.74) is 7.73. The number of aliphatic hydroxyl groups excluding tert-OH is 1. The molecule has 0 bridgehead atoms. The molecule has 1 aromatic heterocycles. The Morgan fingerprint density at radius 1 is 1.19 bits per heavy atom. The molecule has 4 heteroatoms. The fourth-order valence-corrected chi connectivity index (χ4v) is 2.01. The van der Waals surface area contributed by atoms with Gasteiger partial charge in [0.1, 0.15) is 6.10 Å². The highest BCUT2D eigenvalue weighted by molar-refractivity contribution is 9.10. The van der Waals surface area contributed by atoms with Gasteiger partial charge in [-0.15, -0.1) is 0 Å². The molecular weight excluding hydrogens is 268 g/mol. The SMILES string of the molecule is Nc1ccncc1C(O)c1ccccc1Br. The Bertz CT molecular complexity index is 456. The third kappa shape index (κ3) is 2.08. The smallest absolute Gasteiger partial charge is 0.109 e. The minimum atomic E-state index is -0.760. The molecule has 1 heterocycles. The lowest BCUT2D eigenvalue weighted by Gasteiger charge is -2.14. The van der Waals surface area contributed by atoms with Crippen LogP contribution in [0.25, 0.3) is 0 Å². The van der Waals surface area contributed by atoms with Gasteiger partial charge in [0.15, 0.2) is 0 Å². The number of nitrogens with two attached hydrogens (primary N) is 1.